The molecule has 21 heavy (non-hydrogen) atoms. The molecule has 1 fully saturated rings. The van der Waals surface area contributed by atoms with Crippen LogP contribution in [0.25, 0.3) is 10.1 Å². The maximum absolute atomic E-state index is 3.73. The molecular formula is C18H26N2S. The molecule has 1 aliphatic heterocycles. The number of nitrogens with one attached hydrogen (secondary N) is 1. The van der Waals surface area contributed by atoms with Gasteiger partial charge in [0.1, 0.15) is 0 Å². The van der Waals surface area contributed by atoms with Crippen molar-refractivity contribution >= 4 is 21.4 Å². The molecule has 0 bridgehead atoms. The quantitative estimate of drug-likeness (QED) is 0.898. The van der Waals surface area contributed by atoms with Gasteiger partial charge in [-0.1, -0.05) is 39.0 Å². The van der Waals surface area contributed by atoms with Crippen molar-refractivity contribution in [3.63, 3.8) is 0 Å². The average molecular weight is 302 g/mol. The van der Waals surface area contributed by atoms with E-state index in [1.54, 1.807) is 0 Å². The summed E-state index contributed by atoms with van der Waals surface area (Å²) in [5.41, 5.74) is 1.81. The zero-order valence-corrected chi connectivity index (χ0v) is 14.2. The second-order valence-electron chi connectivity index (χ2n) is 7.22. The Morgan fingerprint density at radius 2 is 2.10 bits per heavy atom. The van der Waals surface area contributed by atoms with E-state index in [4.69, 9.17) is 0 Å². The Morgan fingerprint density at radius 1 is 1.29 bits per heavy atom. The van der Waals surface area contributed by atoms with Crippen molar-refractivity contribution in [2.24, 2.45) is 5.41 Å². The lowest BCUT2D eigenvalue weighted by Crippen LogP contribution is -2.46. The molecule has 1 aromatic heterocycles. The molecule has 2 aromatic rings. The summed E-state index contributed by atoms with van der Waals surface area (Å²) in [5.74, 6) is 0. The van der Waals surface area contributed by atoms with Gasteiger partial charge in [0, 0.05) is 23.8 Å². The molecule has 1 saturated heterocycles. The van der Waals surface area contributed by atoms with Crippen LogP contribution in [0.5, 0.6) is 0 Å². The van der Waals surface area contributed by atoms with Crippen LogP contribution in [0.4, 0.5) is 0 Å². The lowest BCUT2D eigenvalue weighted by molar-refractivity contribution is 0.192. The fourth-order valence-electron chi connectivity index (χ4n) is 3.11. The van der Waals surface area contributed by atoms with Crippen LogP contribution in [-0.2, 0) is 6.54 Å². The van der Waals surface area contributed by atoms with Crippen molar-refractivity contribution in [3.05, 3.63) is 35.2 Å². The second-order valence-corrected chi connectivity index (χ2v) is 8.13. The first-order valence-electron chi connectivity index (χ1n) is 7.95. The molecule has 1 aromatic carbocycles. The predicted octanol–water partition coefficient (Wildman–Crippen LogP) is 4.11. The first-order valence-corrected chi connectivity index (χ1v) is 8.83. The Hall–Kier alpha value is -0.900. The number of rotatable bonds is 2. The van der Waals surface area contributed by atoms with Crippen LogP contribution in [0.15, 0.2) is 29.6 Å². The first kappa shape index (κ1) is 15.0. The van der Waals surface area contributed by atoms with Gasteiger partial charge in [-0.3, -0.25) is 4.90 Å². The zero-order chi connectivity index (χ0) is 14.9. The molecule has 0 radical (unpaired) electrons. The highest BCUT2D eigenvalue weighted by Gasteiger charge is 2.28. The van der Waals surface area contributed by atoms with Gasteiger partial charge in [0.25, 0.3) is 0 Å². The van der Waals surface area contributed by atoms with E-state index in [1.807, 2.05) is 11.3 Å². The summed E-state index contributed by atoms with van der Waals surface area (Å²) in [5, 5.41) is 7.51. The maximum atomic E-state index is 3.73. The standard InChI is InChI=1S/C18H26N2S/c1-18(2,3)17-12-20(10-6-9-19-17)11-14-13-21-16-8-5-4-7-15(14)16/h4-5,7-8,13,17,19H,6,9-12H2,1-3H3. The molecule has 0 spiro atoms. The van der Waals surface area contributed by atoms with E-state index in [1.165, 1.54) is 28.6 Å². The first-order chi connectivity index (χ1) is 10.0. The van der Waals surface area contributed by atoms with E-state index in [2.05, 4.69) is 60.6 Å². The van der Waals surface area contributed by atoms with Crippen LogP contribution < -0.4 is 5.32 Å². The Morgan fingerprint density at radius 3 is 2.90 bits per heavy atom. The molecule has 0 saturated carbocycles. The third-order valence-electron chi connectivity index (χ3n) is 4.48. The predicted molar refractivity (Wildman–Crippen MR) is 93.0 cm³/mol. The van der Waals surface area contributed by atoms with Gasteiger partial charge >= 0.3 is 0 Å². The molecular weight excluding hydrogens is 276 g/mol. The van der Waals surface area contributed by atoms with E-state index in [-0.39, 0.29) is 0 Å². The Bertz CT molecular complexity index is 597. The third-order valence-corrected chi connectivity index (χ3v) is 5.50. The topological polar surface area (TPSA) is 15.3 Å². The molecule has 114 valence electrons. The van der Waals surface area contributed by atoms with E-state index in [9.17, 15) is 0 Å². The summed E-state index contributed by atoms with van der Waals surface area (Å²) in [4.78, 5) is 2.63. The smallest absolute Gasteiger partial charge is 0.0346 e. The van der Waals surface area contributed by atoms with Gasteiger partial charge in [0.05, 0.1) is 0 Å². The van der Waals surface area contributed by atoms with Gasteiger partial charge in [-0.25, -0.2) is 0 Å². The Balaban J connectivity index is 1.77. The fraction of sp³-hybridized carbons (Fsp3) is 0.556. The highest BCUT2D eigenvalue weighted by molar-refractivity contribution is 7.17. The van der Waals surface area contributed by atoms with Gasteiger partial charge in [-0.2, -0.15) is 0 Å². The minimum atomic E-state index is 0.319. The molecule has 2 heterocycles. The highest BCUT2D eigenvalue weighted by Crippen LogP contribution is 2.28. The lowest BCUT2D eigenvalue weighted by atomic mass is 9.86. The van der Waals surface area contributed by atoms with Crippen LogP contribution in [0.2, 0.25) is 0 Å². The van der Waals surface area contributed by atoms with Gasteiger partial charge in [0.2, 0.25) is 0 Å². The van der Waals surface area contributed by atoms with Crippen LogP contribution >= 0.6 is 11.3 Å². The van der Waals surface area contributed by atoms with E-state index < -0.39 is 0 Å². The number of fused-ring (bicyclic) bond motifs is 1. The molecule has 3 rings (SSSR count). The largest absolute Gasteiger partial charge is 0.312 e. The monoisotopic (exact) mass is 302 g/mol. The summed E-state index contributed by atoms with van der Waals surface area (Å²) in [7, 11) is 0. The van der Waals surface area contributed by atoms with Crippen LogP contribution in [0.1, 0.15) is 32.8 Å². The van der Waals surface area contributed by atoms with E-state index in [0.29, 0.717) is 11.5 Å². The Kier molecular flexibility index (Phi) is 4.34. The summed E-state index contributed by atoms with van der Waals surface area (Å²) in [6.07, 6.45) is 1.24. The average Bonchev–Trinajstić information content (AvgIpc) is 2.68. The van der Waals surface area contributed by atoms with Crippen molar-refractivity contribution < 1.29 is 0 Å². The number of benzene rings is 1. The van der Waals surface area contributed by atoms with Gasteiger partial charge < -0.3 is 5.32 Å². The summed E-state index contributed by atoms with van der Waals surface area (Å²) >= 11 is 1.87. The summed E-state index contributed by atoms with van der Waals surface area (Å²) < 4.78 is 1.41. The number of thiophene rings is 1. The second kappa shape index (κ2) is 6.07. The van der Waals surface area contributed by atoms with Crippen LogP contribution in [0, 0.1) is 5.41 Å². The molecule has 3 heteroatoms. The van der Waals surface area contributed by atoms with Gasteiger partial charge in [0.15, 0.2) is 0 Å². The number of hydrogen-bond donors (Lipinski definition) is 1. The van der Waals surface area contributed by atoms with E-state index in [0.717, 1.165) is 19.6 Å². The maximum Gasteiger partial charge on any atom is 0.0346 e. The fourth-order valence-corrected chi connectivity index (χ4v) is 4.07. The minimum absolute atomic E-state index is 0.319. The minimum Gasteiger partial charge on any atom is -0.312 e. The normalized spacial score (nSPS) is 21.6. The molecule has 0 amide bonds. The van der Waals surface area contributed by atoms with Gasteiger partial charge in [-0.05, 0) is 47.3 Å². The number of nitrogens with zero attached hydrogens (tertiary/aromatic N) is 1. The molecule has 0 aliphatic carbocycles. The van der Waals surface area contributed by atoms with Crippen LogP contribution in [0.3, 0.4) is 0 Å². The van der Waals surface area contributed by atoms with Crippen molar-refractivity contribution in [2.45, 2.75) is 39.8 Å². The van der Waals surface area contributed by atoms with Gasteiger partial charge in [-0.15, -0.1) is 11.3 Å². The zero-order valence-electron chi connectivity index (χ0n) is 13.4. The van der Waals surface area contributed by atoms with Crippen LogP contribution in [-0.4, -0.2) is 30.6 Å². The summed E-state index contributed by atoms with van der Waals surface area (Å²) in [6, 6.07) is 9.35. The van der Waals surface area contributed by atoms with E-state index >= 15 is 0 Å². The lowest BCUT2D eigenvalue weighted by Gasteiger charge is -2.33. The highest BCUT2D eigenvalue weighted by atomic mass is 32.1. The molecule has 1 unspecified atom stereocenters. The van der Waals surface area contributed by atoms with Crippen molar-refractivity contribution in [1.29, 1.82) is 0 Å². The summed E-state index contributed by atoms with van der Waals surface area (Å²) in [6.45, 7) is 11.6. The Labute approximate surface area is 132 Å². The molecule has 1 N–H and O–H groups in total. The molecule has 2 nitrogen and oxygen atoms in total. The molecule has 1 atom stereocenters. The molecule has 1 aliphatic rings. The van der Waals surface area contributed by atoms with Crippen molar-refractivity contribution in [1.82, 2.24) is 10.2 Å². The van der Waals surface area contributed by atoms with Crippen molar-refractivity contribution in [3.8, 4) is 0 Å². The van der Waals surface area contributed by atoms with Crippen molar-refractivity contribution in [2.75, 3.05) is 19.6 Å². The SMILES string of the molecule is CC(C)(C)C1CN(Cc2csc3ccccc23)CCCN1. The number of hydrogen-bond acceptors (Lipinski definition) is 3. The third kappa shape index (κ3) is 3.47.